The van der Waals surface area contributed by atoms with Crippen LogP contribution >= 0.6 is 11.3 Å². The Morgan fingerprint density at radius 1 is 1.35 bits per heavy atom. The van der Waals surface area contributed by atoms with Gasteiger partial charge < -0.3 is 5.73 Å². The van der Waals surface area contributed by atoms with Gasteiger partial charge in [0.15, 0.2) is 5.78 Å². The summed E-state index contributed by atoms with van der Waals surface area (Å²) in [7, 11) is 0. The molecule has 106 valence electrons. The van der Waals surface area contributed by atoms with Crippen LogP contribution in [0.4, 0.5) is 5.69 Å². The number of nitrogen functional groups attached to an aromatic ring is 1. The Balaban J connectivity index is 2.15. The number of carbonyl (C=O) groups excluding carboxylic acids is 1. The molecule has 0 aliphatic carbocycles. The first kappa shape index (κ1) is 14.7. The van der Waals surface area contributed by atoms with E-state index in [1.807, 2.05) is 24.4 Å². The van der Waals surface area contributed by atoms with Gasteiger partial charge in [0.05, 0.1) is 12.1 Å². The van der Waals surface area contributed by atoms with Crippen LogP contribution in [0.1, 0.15) is 47.4 Å². The Bertz CT molecular complexity index is 638. The molecule has 0 amide bonds. The Labute approximate surface area is 123 Å². The molecule has 2 N–H and O–H groups in total. The molecule has 0 bridgehead atoms. The lowest BCUT2D eigenvalue weighted by Gasteiger charge is -2.14. The number of aromatic nitrogens is 1. The molecule has 0 radical (unpaired) electrons. The Hall–Kier alpha value is -1.68. The van der Waals surface area contributed by atoms with Gasteiger partial charge in [-0.05, 0) is 18.6 Å². The number of nitrogens with zero attached hydrogens (tertiary/aromatic N) is 1. The minimum Gasteiger partial charge on any atom is -0.398 e. The lowest BCUT2D eigenvalue weighted by Crippen LogP contribution is -2.12. The van der Waals surface area contributed by atoms with Gasteiger partial charge in [0.1, 0.15) is 5.01 Å². The summed E-state index contributed by atoms with van der Waals surface area (Å²) >= 11 is 1.54. The third-order valence-corrected chi connectivity index (χ3v) is 4.08. The lowest BCUT2D eigenvalue weighted by molar-refractivity contribution is 0.0993. The monoisotopic (exact) mass is 288 g/mol. The molecule has 0 saturated heterocycles. The molecule has 0 atom stereocenters. The van der Waals surface area contributed by atoms with Crippen molar-refractivity contribution in [3.63, 3.8) is 0 Å². The third kappa shape index (κ3) is 3.25. The standard InChI is InChI=1S/C16H20N2OS/c1-10-5-6-11(7-12(10)17)13(19)8-15-18-14(9-20-15)16(2,3)4/h5-7,9H,8,17H2,1-4H3. The molecule has 1 heterocycles. The number of anilines is 1. The second-order valence-corrected chi connectivity index (χ2v) is 6.99. The van der Waals surface area contributed by atoms with Gasteiger partial charge in [-0.25, -0.2) is 4.98 Å². The fraction of sp³-hybridized carbons (Fsp3) is 0.375. The first-order valence-corrected chi connectivity index (χ1v) is 7.49. The Kier molecular flexibility index (Phi) is 3.95. The van der Waals surface area contributed by atoms with E-state index in [4.69, 9.17) is 5.73 Å². The average Bonchev–Trinajstić information content (AvgIpc) is 2.81. The molecule has 1 aromatic carbocycles. The maximum Gasteiger partial charge on any atom is 0.169 e. The maximum absolute atomic E-state index is 12.2. The number of benzene rings is 1. The minimum atomic E-state index is 0.0199. The molecule has 0 aliphatic heterocycles. The molecule has 0 fully saturated rings. The number of hydrogen-bond acceptors (Lipinski definition) is 4. The molecule has 0 unspecified atom stereocenters. The van der Waals surface area contributed by atoms with Crippen molar-refractivity contribution in [1.82, 2.24) is 4.98 Å². The van der Waals surface area contributed by atoms with Crippen molar-refractivity contribution in [3.8, 4) is 0 Å². The molecule has 20 heavy (non-hydrogen) atoms. The largest absolute Gasteiger partial charge is 0.398 e. The topological polar surface area (TPSA) is 56.0 Å². The van der Waals surface area contributed by atoms with Gasteiger partial charge in [0.25, 0.3) is 0 Å². The van der Waals surface area contributed by atoms with Crippen LogP contribution in [0.15, 0.2) is 23.6 Å². The molecule has 0 aliphatic rings. The van der Waals surface area contributed by atoms with E-state index in [2.05, 4.69) is 25.8 Å². The van der Waals surface area contributed by atoms with Crippen LogP contribution in [0.25, 0.3) is 0 Å². The van der Waals surface area contributed by atoms with Crippen molar-refractivity contribution in [3.05, 3.63) is 45.4 Å². The quantitative estimate of drug-likeness (QED) is 0.691. The van der Waals surface area contributed by atoms with E-state index in [0.29, 0.717) is 17.7 Å². The highest BCUT2D eigenvalue weighted by Crippen LogP contribution is 2.24. The van der Waals surface area contributed by atoms with Gasteiger partial charge in [-0.3, -0.25) is 4.79 Å². The summed E-state index contributed by atoms with van der Waals surface area (Å²) < 4.78 is 0. The van der Waals surface area contributed by atoms with Gasteiger partial charge in [-0.15, -0.1) is 11.3 Å². The predicted molar refractivity (Wildman–Crippen MR) is 84.4 cm³/mol. The smallest absolute Gasteiger partial charge is 0.169 e. The van der Waals surface area contributed by atoms with Crippen molar-refractivity contribution < 1.29 is 4.79 Å². The summed E-state index contributed by atoms with van der Waals surface area (Å²) in [6.45, 7) is 8.29. The Morgan fingerprint density at radius 3 is 2.60 bits per heavy atom. The van der Waals surface area contributed by atoms with Gasteiger partial charge in [0.2, 0.25) is 0 Å². The highest BCUT2D eigenvalue weighted by molar-refractivity contribution is 7.09. The van der Waals surface area contributed by atoms with Crippen molar-refractivity contribution in [2.75, 3.05) is 5.73 Å². The highest BCUT2D eigenvalue weighted by Gasteiger charge is 2.18. The van der Waals surface area contributed by atoms with Gasteiger partial charge >= 0.3 is 0 Å². The molecule has 2 rings (SSSR count). The number of nitrogens with two attached hydrogens (primary N) is 1. The molecule has 4 heteroatoms. The van der Waals surface area contributed by atoms with Gasteiger partial charge in [0, 0.05) is 22.0 Å². The molecule has 2 aromatic rings. The van der Waals surface area contributed by atoms with Crippen LogP contribution < -0.4 is 5.73 Å². The van der Waals surface area contributed by atoms with Crippen molar-refractivity contribution in [2.45, 2.75) is 39.5 Å². The van der Waals surface area contributed by atoms with E-state index in [1.54, 1.807) is 17.4 Å². The minimum absolute atomic E-state index is 0.0199. The van der Waals surface area contributed by atoms with Crippen LogP contribution in [0.3, 0.4) is 0 Å². The summed E-state index contributed by atoms with van der Waals surface area (Å²) in [5.41, 5.74) is 9.21. The number of carbonyl (C=O) groups is 1. The summed E-state index contributed by atoms with van der Waals surface area (Å²) in [4.78, 5) is 16.8. The lowest BCUT2D eigenvalue weighted by atomic mass is 9.93. The fourth-order valence-corrected chi connectivity index (χ4v) is 2.81. The zero-order chi connectivity index (χ0) is 14.9. The number of rotatable bonds is 3. The fourth-order valence-electron chi connectivity index (χ4n) is 1.79. The number of Topliss-reactive ketones (excluding diaryl/α,β-unsaturated/α-hetero) is 1. The van der Waals surface area contributed by atoms with E-state index in [1.165, 1.54) is 0 Å². The van der Waals surface area contributed by atoms with Crippen molar-refractivity contribution in [2.24, 2.45) is 0 Å². The molecule has 3 nitrogen and oxygen atoms in total. The first-order chi connectivity index (χ1) is 9.27. The zero-order valence-electron chi connectivity index (χ0n) is 12.4. The highest BCUT2D eigenvalue weighted by atomic mass is 32.1. The SMILES string of the molecule is Cc1ccc(C(=O)Cc2nc(C(C)(C)C)cs2)cc1N. The number of thiazole rings is 1. The van der Waals surface area contributed by atoms with Gasteiger partial charge in [-0.2, -0.15) is 0 Å². The number of hydrogen-bond donors (Lipinski definition) is 1. The van der Waals surface area contributed by atoms with E-state index in [-0.39, 0.29) is 11.2 Å². The molecule has 0 spiro atoms. The van der Waals surface area contributed by atoms with Crippen LogP contribution in [0, 0.1) is 6.92 Å². The zero-order valence-corrected chi connectivity index (χ0v) is 13.2. The van der Waals surface area contributed by atoms with Crippen LogP contribution in [-0.2, 0) is 11.8 Å². The van der Waals surface area contributed by atoms with Crippen LogP contribution in [0.2, 0.25) is 0 Å². The summed E-state index contributed by atoms with van der Waals surface area (Å²) in [5.74, 6) is 0.0616. The maximum atomic E-state index is 12.2. The predicted octanol–water partition coefficient (Wildman–Crippen LogP) is 3.76. The van der Waals surface area contributed by atoms with E-state index in [0.717, 1.165) is 16.3 Å². The number of ketones is 1. The van der Waals surface area contributed by atoms with Crippen LogP contribution in [-0.4, -0.2) is 10.8 Å². The number of aryl methyl sites for hydroxylation is 1. The summed E-state index contributed by atoms with van der Waals surface area (Å²) in [5, 5.41) is 2.89. The second-order valence-electron chi connectivity index (χ2n) is 6.05. The molecule has 0 saturated carbocycles. The van der Waals surface area contributed by atoms with Crippen molar-refractivity contribution in [1.29, 1.82) is 0 Å². The molecule has 1 aromatic heterocycles. The Morgan fingerprint density at radius 2 is 2.05 bits per heavy atom. The average molecular weight is 288 g/mol. The summed E-state index contributed by atoms with van der Waals surface area (Å²) in [6, 6.07) is 5.45. The second kappa shape index (κ2) is 5.37. The van der Waals surface area contributed by atoms with Crippen LogP contribution in [0.5, 0.6) is 0 Å². The van der Waals surface area contributed by atoms with E-state index < -0.39 is 0 Å². The third-order valence-electron chi connectivity index (χ3n) is 3.23. The van der Waals surface area contributed by atoms with Crippen molar-refractivity contribution >= 4 is 22.8 Å². The first-order valence-electron chi connectivity index (χ1n) is 6.61. The van der Waals surface area contributed by atoms with Gasteiger partial charge in [-0.1, -0.05) is 32.9 Å². The molecular weight excluding hydrogens is 268 g/mol. The summed E-state index contributed by atoms with van der Waals surface area (Å²) in [6.07, 6.45) is 0.337. The molecular formula is C16H20N2OS. The van der Waals surface area contributed by atoms with E-state index in [9.17, 15) is 4.79 Å². The van der Waals surface area contributed by atoms with E-state index >= 15 is 0 Å². The normalized spacial score (nSPS) is 11.6.